The van der Waals surface area contributed by atoms with Crippen LogP contribution in [-0.4, -0.2) is 29.9 Å². The molecule has 0 N–H and O–H groups in total. The predicted molar refractivity (Wildman–Crippen MR) is 76.1 cm³/mol. The minimum absolute atomic E-state index is 0.672. The Kier molecular flexibility index (Phi) is 7.97. The molecule has 16 heavy (non-hydrogen) atoms. The Morgan fingerprint density at radius 1 is 1.06 bits per heavy atom. The van der Waals surface area contributed by atoms with Crippen molar-refractivity contribution in [1.82, 2.24) is 0 Å². The average Bonchev–Trinajstić information content (AvgIpc) is 2.35. The molecule has 0 aromatic heterocycles. The van der Waals surface area contributed by atoms with Gasteiger partial charge in [0.05, 0.1) is 0 Å². The standard InChI is InChI=1S/C14H20Se2/c1-3-10-15-12-14(16-11-4-2)13-8-6-5-7-9-13/h5-9,12H,3-4,10-11H2,1-2H3/b14-12-. The summed E-state index contributed by atoms with van der Waals surface area (Å²) < 4.78 is 1.63. The Hall–Kier alpha value is -0.00104. The second kappa shape index (κ2) is 9.07. The Bertz CT molecular complexity index is 304. The summed E-state index contributed by atoms with van der Waals surface area (Å²) in [5.74, 6) is 0. The third-order valence-corrected chi connectivity index (χ3v) is 7.66. The van der Waals surface area contributed by atoms with Crippen molar-refractivity contribution in [2.45, 2.75) is 37.3 Å². The minimum atomic E-state index is 0.672. The van der Waals surface area contributed by atoms with Crippen molar-refractivity contribution >= 4 is 34.4 Å². The van der Waals surface area contributed by atoms with Crippen LogP contribution in [0.5, 0.6) is 0 Å². The van der Waals surface area contributed by atoms with Crippen LogP contribution in [0.3, 0.4) is 0 Å². The van der Waals surface area contributed by atoms with Crippen molar-refractivity contribution < 1.29 is 0 Å². The van der Waals surface area contributed by atoms with E-state index < -0.39 is 0 Å². The Balaban J connectivity index is 2.67. The zero-order chi connectivity index (χ0) is 11.6. The van der Waals surface area contributed by atoms with Crippen LogP contribution in [0.15, 0.2) is 35.3 Å². The molecule has 0 radical (unpaired) electrons. The maximum atomic E-state index is 2.53. The van der Waals surface area contributed by atoms with E-state index in [1.807, 2.05) is 0 Å². The molecule has 0 fully saturated rings. The zero-order valence-electron chi connectivity index (χ0n) is 10.1. The molecule has 0 aliphatic heterocycles. The van der Waals surface area contributed by atoms with E-state index in [2.05, 4.69) is 49.2 Å². The number of rotatable bonds is 7. The fourth-order valence-corrected chi connectivity index (χ4v) is 5.75. The third kappa shape index (κ3) is 5.36. The van der Waals surface area contributed by atoms with Crippen molar-refractivity contribution in [2.24, 2.45) is 0 Å². The van der Waals surface area contributed by atoms with Crippen molar-refractivity contribution in [1.29, 1.82) is 0 Å². The van der Waals surface area contributed by atoms with Crippen molar-refractivity contribution in [3.8, 4) is 0 Å². The van der Waals surface area contributed by atoms with Gasteiger partial charge in [0.25, 0.3) is 0 Å². The molecule has 1 aromatic carbocycles. The van der Waals surface area contributed by atoms with E-state index in [1.165, 1.54) is 29.0 Å². The Labute approximate surface area is 112 Å². The third-order valence-electron chi connectivity index (χ3n) is 2.03. The van der Waals surface area contributed by atoms with Crippen LogP contribution in [0.25, 0.3) is 4.47 Å². The van der Waals surface area contributed by atoms with Gasteiger partial charge in [-0.1, -0.05) is 0 Å². The van der Waals surface area contributed by atoms with Gasteiger partial charge in [0.2, 0.25) is 0 Å². The molecule has 0 aliphatic carbocycles. The monoisotopic (exact) mass is 348 g/mol. The first-order valence-corrected chi connectivity index (χ1v) is 10.1. The molecule has 0 heterocycles. The molecule has 0 saturated carbocycles. The van der Waals surface area contributed by atoms with Crippen LogP contribution in [0.4, 0.5) is 0 Å². The molecule has 0 unspecified atom stereocenters. The first kappa shape index (κ1) is 14.1. The van der Waals surface area contributed by atoms with Gasteiger partial charge in [-0.2, -0.15) is 0 Å². The first-order valence-electron chi connectivity index (χ1n) is 5.88. The van der Waals surface area contributed by atoms with Gasteiger partial charge in [-0.25, -0.2) is 0 Å². The summed E-state index contributed by atoms with van der Waals surface area (Å²) in [6.07, 6.45) is 2.63. The quantitative estimate of drug-likeness (QED) is 0.516. The molecule has 0 aliphatic rings. The number of hydrogen-bond donors (Lipinski definition) is 0. The second-order valence-corrected chi connectivity index (χ2v) is 8.00. The van der Waals surface area contributed by atoms with E-state index >= 15 is 0 Å². The SMILES string of the molecule is CCC[Se]/C=C(\[Se]CCC)c1ccccc1. The van der Waals surface area contributed by atoms with Crippen molar-refractivity contribution in [2.75, 3.05) is 0 Å². The normalized spacial score (nSPS) is 11.8. The number of hydrogen-bond acceptors (Lipinski definition) is 0. The summed E-state index contributed by atoms with van der Waals surface area (Å²) >= 11 is 1.38. The molecule has 0 amide bonds. The molecular formula is C14H20Se2. The molecular weight excluding hydrogens is 326 g/mol. The second-order valence-electron chi connectivity index (χ2n) is 3.57. The Morgan fingerprint density at radius 2 is 1.75 bits per heavy atom. The van der Waals surface area contributed by atoms with E-state index in [-0.39, 0.29) is 0 Å². The van der Waals surface area contributed by atoms with Crippen LogP contribution in [-0.2, 0) is 0 Å². The molecule has 88 valence electrons. The molecule has 0 spiro atoms. The van der Waals surface area contributed by atoms with Gasteiger partial charge in [-0.3, -0.25) is 0 Å². The topological polar surface area (TPSA) is 0 Å². The van der Waals surface area contributed by atoms with Crippen LogP contribution in [0.1, 0.15) is 32.3 Å². The van der Waals surface area contributed by atoms with Crippen molar-refractivity contribution in [3.05, 3.63) is 40.9 Å². The molecule has 0 atom stereocenters. The van der Waals surface area contributed by atoms with Crippen LogP contribution < -0.4 is 0 Å². The summed E-state index contributed by atoms with van der Waals surface area (Å²) in [5, 5.41) is 2.75. The molecule has 0 bridgehead atoms. The maximum absolute atomic E-state index is 2.53. The Morgan fingerprint density at radius 3 is 2.38 bits per heavy atom. The van der Waals surface area contributed by atoms with E-state index in [1.54, 1.807) is 4.47 Å². The molecule has 1 aromatic rings. The van der Waals surface area contributed by atoms with E-state index in [0.717, 1.165) is 0 Å². The summed E-state index contributed by atoms with van der Waals surface area (Å²) in [7, 11) is 0. The van der Waals surface area contributed by atoms with Gasteiger partial charge in [-0.05, 0) is 0 Å². The van der Waals surface area contributed by atoms with Crippen LogP contribution >= 0.6 is 0 Å². The van der Waals surface area contributed by atoms with Gasteiger partial charge < -0.3 is 0 Å². The molecule has 2 heteroatoms. The van der Waals surface area contributed by atoms with E-state index in [9.17, 15) is 0 Å². The van der Waals surface area contributed by atoms with Crippen molar-refractivity contribution in [3.63, 3.8) is 0 Å². The molecule has 1 rings (SSSR count). The summed E-state index contributed by atoms with van der Waals surface area (Å²) in [6, 6.07) is 10.9. The fraction of sp³-hybridized carbons (Fsp3) is 0.429. The molecule has 0 nitrogen and oxygen atoms in total. The van der Waals surface area contributed by atoms with Crippen LogP contribution in [0, 0.1) is 0 Å². The number of benzene rings is 1. The fourth-order valence-electron chi connectivity index (χ4n) is 1.25. The average molecular weight is 346 g/mol. The summed E-state index contributed by atoms with van der Waals surface area (Å²) in [4.78, 5) is 2.53. The summed E-state index contributed by atoms with van der Waals surface area (Å²) in [6.45, 7) is 4.55. The van der Waals surface area contributed by atoms with E-state index in [0.29, 0.717) is 29.9 Å². The van der Waals surface area contributed by atoms with E-state index in [4.69, 9.17) is 0 Å². The van der Waals surface area contributed by atoms with Gasteiger partial charge in [0.1, 0.15) is 0 Å². The zero-order valence-corrected chi connectivity index (χ0v) is 13.5. The van der Waals surface area contributed by atoms with Gasteiger partial charge in [0.15, 0.2) is 0 Å². The van der Waals surface area contributed by atoms with Gasteiger partial charge in [-0.15, -0.1) is 0 Å². The summed E-state index contributed by atoms with van der Waals surface area (Å²) in [5.41, 5.74) is 1.45. The predicted octanol–water partition coefficient (Wildman–Crippen LogP) is 4.05. The first-order chi connectivity index (χ1) is 7.88. The van der Waals surface area contributed by atoms with Gasteiger partial charge in [0, 0.05) is 0 Å². The molecule has 0 saturated heterocycles. The van der Waals surface area contributed by atoms with Crippen LogP contribution in [0.2, 0.25) is 10.6 Å². The van der Waals surface area contributed by atoms with Gasteiger partial charge >= 0.3 is 113 Å².